The Morgan fingerprint density at radius 3 is 2.16 bits per heavy atom. The van der Waals surface area contributed by atoms with E-state index in [0.717, 1.165) is 17.5 Å². The van der Waals surface area contributed by atoms with Gasteiger partial charge >= 0.3 is 5.97 Å². The van der Waals surface area contributed by atoms with E-state index >= 15 is 0 Å². The van der Waals surface area contributed by atoms with Gasteiger partial charge in [0.05, 0.1) is 16.6 Å². The fourth-order valence-corrected chi connectivity index (χ4v) is 3.73. The molecule has 0 aliphatic heterocycles. The molecule has 0 radical (unpaired) electrons. The first-order valence-electron chi connectivity index (χ1n) is 10.0. The maximum absolute atomic E-state index is 12.8. The Labute approximate surface area is 190 Å². The van der Waals surface area contributed by atoms with Crippen LogP contribution in [0.25, 0.3) is 11.1 Å². The zero-order valence-electron chi connectivity index (χ0n) is 16.8. The zero-order valence-corrected chi connectivity index (χ0v) is 18.4. The van der Waals surface area contributed by atoms with Gasteiger partial charge in [0.1, 0.15) is 11.5 Å². The van der Waals surface area contributed by atoms with E-state index in [1.807, 2.05) is 66.7 Å². The predicted molar refractivity (Wildman–Crippen MR) is 127 cm³/mol. The fraction of sp³-hybridized carbons (Fsp3) is 0.0741. The standard InChI is InChI=1S/C27H21BrO3/c28-24-19-22(15-16-26(24)30-18-17-20-9-3-1-4-10-20)27(29)31-25-14-8-7-13-23(25)21-11-5-2-6-12-21/h1-16,19H,17-18H2. The minimum absolute atomic E-state index is 0.417. The average molecular weight is 473 g/mol. The van der Waals surface area contributed by atoms with Crippen LogP contribution in [0.15, 0.2) is 108 Å². The molecule has 0 spiro atoms. The molecule has 0 unspecified atom stereocenters. The predicted octanol–water partition coefficient (Wildman–Crippen LogP) is 6.96. The lowest BCUT2D eigenvalue weighted by Gasteiger charge is -2.12. The molecule has 154 valence electrons. The SMILES string of the molecule is O=C(Oc1ccccc1-c1ccccc1)c1ccc(OCCc2ccccc2)c(Br)c1. The normalized spacial score (nSPS) is 10.5. The summed E-state index contributed by atoms with van der Waals surface area (Å²) >= 11 is 3.51. The molecule has 0 saturated heterocycles. The summed E-state index contributed by atoms with van der Waals surface area (Å²) in [6.45, 7) is 0.552. The third-order valence-corrected chi connectivity index (χ3v) is 5.45. The summed E-state index contributed by atoms with van der Waals surface area (Å²) in [6.07, 6.45) is 0.813. The second-order valence-corrected chi connectivity index (χ2v) is 7.84. The van der Waals surface area contributed by atoms with Gasteiger partial charge in [-0.05, 0) is 51.3 Å². The highest BCUT2D eigenvalue weighted by Gasteiger charge is 2.14. The summed E-state index contributed by atoms with van der Waals surface area (Å²) in [5, 5.41) is 0. The van der Waals surface area contributed by atoms with Crippen LogP contribution in [0.3, 0.4) is 0 Å². The van der Waals surface area contributed by atoms with Gasteiger partial charge in [0.2, 0.25) is 0 Å². The topological polar surface area (TPSA) is 35.5 Å². The van der Waals surface area contributed by atoms with Gasteiger partial charge in [0, 0.05) is 12.0 Å². The Morgan fingerprint density at radius 1 is 0.742 bits per heavy atom. The van der Waals surface area contributed by atoms with E-state index in [0.29, 0.717) is 28.1 Å². The van der Waals surface area contributed by atoms with Gasteiger partial charge in [-0.3, -0.25) is 0 Å². The maximum atomic E-state index is 12.8. The molecular weight excluding hydrogens is 452 g/mol. The first-order valence-corrected chi connectivity index (χ1v) is 10.8. The first kappa shape index (κ1) is 20.9. The second-order valence-electron chi connectivity index (χ2n) is 6.98. The summed E-state index contributed by atoms with van der Waals surface area (Å²) in [4.78, 5) is 12.8. The largest absolute Gasteiger partial charge is 0.492 e. The molecule has 0 N–H and O–H groups in total. The molecule has 4 heteroatoms. The van der Waals surface area contributed by atoms with E-state index in [4.69, 9.17) is 9.47 Å². The van der Waals surface area contributed by atoms with Crippen LogP contribution in [0, 0.1) is 0 Å². The van der Waals surface area contributed by atoms with Crippen molar-refractivity contribution in [1.29, 1.82) is 0 Å². The number of hydrogen-bond donors (Lipinski definition) is 0. The van der Waals surface area contributed by atoms with E-state index in [1.165, 1.54) is 5.56 Å². The number of para-hydroxylation sites is 1. The number of esters is 1. The van der Waals surface area contributed by atoms with E-state index < -0.39 is 5.97 Å². The molecule has 0 aromatic heterocycles. The molecule has 0 atom stereocenters. The van der Waals surface area contributed by atoms with Gasteiger partial charge in [-0.15, -0.1) is 0 Å². The summed E-state index contributed by atoms with van der Waals surface area (Å²) < 4.78 is 12.3. The smallest absolute Gasteiger partial charge is 0.343 e. The number of halogens is 1. The molecule has 4 rings (SSSR count). The molecule has 0 aliphatic carbocycles. The van der Waals surface area contributed by atoms with E-state index in [9.17, 15) is 4.79 Å². The molecule has 31 heavy (non-hydrogen) atoms. The molecular formula is C27H21BrO3. The van der Waals surface area contributed by atoms with Gasteiger partial charge in [-0.25, -0.2) is 4.79 Å². The molecule has 0 heterocycles. The third-order valence-electron chi connectivity index (χ3n) is 4.83. The van der Waals surface area contributed by atoms with E-state index in [2.05, 4.69) is 28.1 Å². The molecule has 4 aromatic carbocycles. The van der Waals surface area contributed by atoms with Crippen LogP contribution < -0.4 is 9.47 Å². The molecule has 0 fully saturated rings. The summed E-state index contributed by atoms with van der Waals surface area (Å²) in [5.74, 6) is 0.801. The van der Waals surface area contributed by atoms with Gasteiger partial charge < -0.3 is 9.47 Å². The Balaban J connectivity index is 1.43. The number of ether oxygens (including phenoxy) is 2. The number of hydrogen-bond acceptors (Lipinski definition) is 3. The summed E-state index contributed by atoms with van der Waals surface area (Å²) in [6, 6.07) is 32.8. The van der Waals surface area contributed by atoms with Gasteiger partial charge in [-0.2, -0.15) is 0 Å². The highest BCUT2D eigenvalue weighted by Crippen LogP contribution is 2.31. The third kappa shape index (κ3) is 5.41. The van der Waals surface area contributed by atoms with Crippen LogP contribution in [0.1, 0.15) is 15.9 Å². The molecule has 0 saturated carbocycles. The van der Waals surface area contributed by atoms with Crippen LogP contribution in [0.4, 0.5) is 0 Å². The monoisotopic (exact) mass is 472 g/mol. The molecule has 0 bridgehead atoms. The van der Waals surface area contributed by atoms with Crippen LogP contribution in [-0.4, -0.2) is 12.6 Å². The lowest BCUT2D eigenvalue weighted by molar-refractivity contribution is 0.0735. The Kier molecular flexibility index (Phi) is 6.80. The average Bonchev–Trinajstić information content (AvgIpc) is 2.82. The lowest BCUT2D eigenvalue weighted by Crippen LogP contribution is -2.09. The molecule has 0 amide bonds. The quantitative estimate of drug-likeness (QED) is 0.215. The van der Waals surface area contributed by atoms with Crippen molar-refractivity contribution < 1.29 is 14.3 Å². The van der Waals surface area contributed by atoms with E-state index in [1.54, 1.807) is 24.3 Å². The zero-order chi connectivity index (χ0) is 21.5. The Bertz CT molecular complexity index is 1160. The Hall–Kier alpha value is -3.37. The molecule has 0 aliphatic rings. The van der Waals surface area contributed by atoms with Crippen LogP contribution in [0.2, 0.25) is 0 Å². The van der Waals surface area contributed by atoms with Crippen LogP contribution >= 0.6 is 15.9 Å². The summed E-state index contributed by atoms with van der Waals surface area (Å²) in [7, 11) is 0. The molecule has 4 aromatic rings. The number of rotatable bonds is 7. The summed E-state index contributed by atoms with van der Waals surface area (Å²) in [5.41, 5.74) is 3.53. The highest BCUT2D eigenvalue weighted by molar-refractivity contribution is 9.10. The van der Waals surface area contributed by atoms with Crippen molar-refractivity contribution >= 4 is 21.9 Å². The van der Waals surface area contributed by atoms with Crippen LogP contribution in [-0.2, 0) is 6.42 Å². The number of carbonyl (C=O) groups is 1. The van der Waals surface area contributed by atoms with Gasteiger partial charge in [-0.1, -0.05) is 78.9 Å². The van der Waals surface area contributed by atoms with Crippen molar-refractivity contribution in [1.82, 2.24) is 0 Å². The van der Waals surface area contributed by atoms with E-state index in [-0.39, 0.29) is 0 Å². The minimum Gasteiger partial charge on any atom is -0.492 e. The van der Waals surface area contributed by atoms with Crippen LogP contribution in [0.5, 0.6) is 11.5 Å². The Morgan fingerprint density at radius 2 is 1.42 bits per heavy atom. The second kappa shape index (κ2) is 10.1. The first-order chi connectivity index (χ1) is 15.2. The van der Waals surface area contributed by atoms with Gasteiger partial charge in [0.25, 0.3) is 0 Å². The number of carbonyl (C=O) groups excluding carboxylic acids is 1. The number of benzene rings is 4. The van der Waals surface area contributed by atoms with Crippen molar-refractivity contribution in [2.45, 2.75) is 6.42 Å². The van der Waals surface area contributed by atoms with Crippen molar-refractivity contribution in [2.75, 3.05) is 6.61 Å². The fourth-order valence-electron chi connectivity index (χ4n) is 3.24. The minimum atomic E-state index is -0.417. The lowest BCUT2D eigenvalue weighted by atomic mass is 10.0. The highest BCUT2D eigenvalue weighted by atomic mass is 79.9. The molecule has 3 nitrogen and oxygen atoms in total. The van der Waals surface area contributed by atoms with Crippen molar-refractivity contribution in [3.63, 3.8) is 0 Å². The van der Waals surface area contributed by atoms with Gasteiger partial charge in [0.15, 0.2) is 0 Å². The van der Waals surface area contributed by atoms with Crippen molar-refractivity contribution in [3.8, 4) is 22.6 Å². The maximum Gasteiger partial charge on any atom is 0.343 e. The van der Waals surface area contributed by atoms with Crippen molar-refractivity contribution in [2.24, 2.45) is 0 Å². The van der Waals surface area contributed by atoms with Crippen molar-refractivity contribution in [3.05, 3.63) is 119 Å².